The number of carbonyl (C=O) groups excluding carboxylic acids is 2. The van der Waals surface area contributed by atoms with Crippen LogP contribution in [0.4, 0.5) is 4.39 Å². The summed E-state index contributed by atoms with van der Waals surface area (Å²) >= 11 is 0. The minimum absolute atomic E-state index is 0.0126. The number of benzene rings is 1. The quantitative estimate of drug-likeness (QED) is 0.607. The van der Waals surface area contributed by atoms with Crippen molar-refractivity contribution in [3.05, 3.63) is 35.1 Å². The summed E-state index contributed by atoms with van der Waals surface area (Å²) in [6.07, 6.45) is 0. The Morgan fingerprint density at radius 1 is 1.20 bits per heavy atom. The molecule has 0 heterocycles. The van der Waals surface area contributed by atoms with Gasteiger partial charge in [0.05, 0.1) is 24.8 Å². The van der Waals surface area contributed by atoms with E-state index in [1.807, 2.05) is 0 Å². The Hall–Kier alpha value is -2.42. The van der Waals surface area contributed by atoms with E-state index in [1.165, 1.54) is 6.07 Å². The fourth-order valence-corrected chi connectivity index (χ4v) is 1.66. The van der Waals surface area contributed by atoms with Crippen molar-refractivity contribution in [3.63, 3.8) is 0 Å². The van der Waals surface area contributed by atoms with E-state index >= 15 is 0 Å². The van der Waals surface area contributed by atoms with E-state index in [2.05, 4.69) is 0 Å². The van der Waals surface area contributed by atoms with Crippen LogP contribution in [0.2, 0.25) is 0 Å². The molecule has 0 aliphatic rings. The van der Waals surface area contributed by atoms with Gasteiger partial charge in [-0.05, 0) is 37.6 Å². The second kappa shape index (κ2) is 7.24. The van der Waals surface area contributed by atoms with Crippen molar-refractivity contribution in [2.24, 2.45) is 0 Å². The molecule has 0 radical (unpaired) electrons. The van der Waals surface area contributed by atoms with E-state index in [9.17, 15) is 14.0 Å². The lowest BCUT2D eigenvalue weighted by Crippen LogP contribution is -2.26. The molecule has 1 aromatic rings. The van der Waals surface area contributed by atoms with Crippen LogP contribution in [0, 0.1) is 17.1 Å². The molecule has 1 rings (SSSR count). The fourth-order valence-electron chi connectivity index (χ4n) is 1.66. The number of ether oxygens (including phenoxy) is 2. The summed E-state index contributed by atoms with van der Waals surface area (Å²) in [6, 6.07) is 5.05. The van der Waals surface area contributed by atoms with Crippen molar-refractivity contribution < 1.29 is 23.5 Å². The third kappa shape index (κ3) is 3.79. The van der Waals surface area contributed by atoms with Gasteiger partial charge >= 0.3 is 11.9 Å². The molecule has 0 aromatic heterocycles. The Bertz CT molecular complexity index is 533. The van der Waals surface area contributed by atoms with Crippen LogP contribution in [0.15, 0.2) is 18.2 Å². The molecule has 0 aliphatic heterocycles. The number of hydrogen-bond donors (Lipinski definition) is 0. The van der Waals surface area contributed by atoms with Crippen LogP contribution in [0.5, 0.6) is 0 Å². The number of nitriles is 1. The van der Waals surface area contributed by atoms with Crippen molar-refractivity contribution in [2.45, 2.75) is 19.8 Å². The first kappa shape index (κ1) is 15.6. The highest BCUT2D eigenvalue weighted by atomic mass is 19.1. The number of nitrogens with zero attached hydrogens (tertiary/aromatic N) is 1. The lowest BCUT2D eigenvalue weighted by molar-refractivity contribution is -0.156. The van der Waals surface area contributed by atoms with Crippen molar-refractivity contribution in [2.75, 3.05) is 13.2 Å². The molecule has 20 heavy (non-hydrogen) atoms. The van der Waals surface area contributed by atoms with Gasteiger partial charge in [0.2, 0.25) is 0 Å². The van der Waals surface area contributed by atoms with Gasteiger partial charge in [-0.2, -0.15) is 5.26 Å². The molecule has 0 fully saturated rings. The van der Waals surface area contributed by atoms with Crippen molar-refractivity contribution in [1.29, 1.82) is 5.26 Å². The first-order valence-corrected chi connectivity index (χ1v) is 6.07. The summed E-state index contributed by atoms with van der Waals surface area (Å²) in [7, 11) is 0. The molecule has 0 atom stereocenters. The minimum Gasteiger partial charge on any atom is -0.465 e. The van der Waals surface area contributed by atoms with Gasteiger partial charge in [-0.3, -0.25) is 9.59 Å². The molecule has 0 amide bonds. The van der Waals surface area contributed by atoms with Crippen LogP contribution < -0.4 is 0 Å². The molecule has 0 saturated carbocycles. The maximum absolute atomic E-state index is 13.4. The van der Waals surface area contributed by atoms with E-state index in [0.717, 1.165) is 12.1 Å². The van der Waals surface area contributed by atoms with Gasteiger partial charge in [-0.15, -0.1) is 0 Å². The standard InChI is InChI=1S/C14H14FNO4/c1-3-19-13(17)12(14(18)20-4-2)10-5-9(8-16)6-11(15)7-10/h5-7,12H,3-4H2,1-2H3. The highest BCUT2D eigenvalue weighted by Gasteiger charge is 2.32. The van der Waals surface area contributed by atoms with Gasteiger partial charge in [-0.1, -0.05) is 0 Å². The molecule has 0 unspecified atom stereocenters. The second-order valence-corrected chi connectivity index (χ2v) is 3.82. The fraction of sp³-hybridized carbons (Fsp3) is 0.357. The lowest BCUT2D eigenvalue weighted by Gasteiger charge is -2.15. The Balaban J connectivity index is 3.23. The largest absolute Gasteiger partial charge is 0.465 e. The number of hydrogen-bond acceptors (Lipinski definition) is 5. The molecular formula is C14H14FNO4. The Morgan fingerprint density at radius 2 is 1.75 bits per heavy atom. The summed E-state index contributed by atoms with van der Waals surface area (Å²) in [5.74, 6) is -3.77. The van der Waals surface area contributed by atoms with Crippen LogP contribution in [0.1, 0.15) is 30.9 Å². The summed E-state index contributed by atoms with van der Waals surface area (Å²) < 4.78 is 23.0. The minimum atomic E-state index is -1.39. The molecule has 106 valence electrons. The molecule has 0 aliphatic carbocycles. The zero-order valence-corrected chi connectivity index (χ0v) is 11.2. The number of rotatable bonds is 5. The van der Waals surface area contributed by atoms with Crippen molar-refractivity contribution in [3.8, 4) is 6.07 Å². The summed E-state index contributed by atoms with van der Waals surface area (Å²) in [5, 5.41) is 8.80. The zero-order valence-electron chi connectivity index (χ0n) is 11.2. The van der Waals surface area contributed by atoms with Gasteiger partial charge in [0.25, 0.3) is 0 Å². The topological polar surface area (TPSA) is 76.4 Å². The predicted molar refractivity (Wildman–Crippen MR) is 67.1 cm³/mol. The first-order valence-electron chi connectivity index (χ1n) is 6.07. The van der Waals surface area contributed by atoms with Gasteiger partial charge in [0.1, 0.15) is 5.82 Å². The smallest absolute Gasteiger partial charge is 0.324 e. The number of halogens is 1. The Kier molecular flexibility index (Phi) is 5.66. The average Bonchev–Trinajstić information content (AvgIpc) is 2.38. The SMILES string of the molecule is CCOC(=O)C(C(=O)OCC)c1cc(F)cc(C#N)c1. The first-order chi connectivity index (χ1) is 9.53. The molecule has 0 spiro atoms. The van der Waals surface area contributed by atoms with E-state index in [1.54, 1.807) is 19.9 Å². The predicted octanol–water partition coefficient (Wildman–Crippen LogP) is 1.91. The van der Waals surface area contributed by atoms with Crippen LogP contribution in [0.3, 0.4) is 0 Å². The van der Waals surface area contributed by atoms with Crippen LogP contribution >= 0.6 is 0 Å². The van der Waals surface area contributed by atoms with Crippen LogP contribution in [-0.2, 0) is 19.1 Å². The lowest BCUT2D eigenvalue weighted by atomic mass is 9.97. The van der Waals surface area contributed by atoms with E-state index in [0.29, 0.717) is 0 Å². The molecule has 0 saturated heterocycles. The zero-order chi connectivity index (χ0) is 15.1. The molecule has 6 heteroatoms. The van der Waals surface area contributed by atoms with E-state index in [4.69, 9.17) is 14.7 Å². The third-order valence-electron chi connectivity index (χ3n) is 2.43. The monoisotopic (exact) mass is 279 g/mol. The van der Waals surface area contributed by atoms with Crippen molar-refractivity contribution >= 4 is 11.9 Å². The van der Waals surface area contributed by atoms with Crippen LogP contribution in [0.25, 0.3) is 0 Å². The molecule has 1 aromatic carbocycles. The summed E-state index contributed by atoms with van der Waals surface area (Å²) in [6.45, 7) is 3.34. The third-order valence-corrected chi connectivity index (χ3v) is 2.43. The molecule has 5 nitrogen and oxygen atoms in total. The normalized spacial score (nSPS) is 9.95. The highest BCUT2D eigenvalue weighted by Crippen LogP contribution is 2.22. The van der Waals surface area contributed by atoms with E-state index < -0.39 is 23.7 Å². The Morgan fingerprint density at radius 3 is 2.20 bits per heavy atom. The maximum Gasteiger partial charge on any atom is 0.324 e. The highest BCUT2D eigenvalue weighted by molar-refractivity contribution is 6.00. The van der Waals surface area contributed by atoms with Gasteiger partial charge in [0.15, 0.2) is 5.92 Å². The molecule has 0 N–H and O–H groups in total. The van der Waals surface area contributed by atoms with Crippen molar-refractivity contribution in [1.82, 2.24) is 0 Å². The van der Waals surface area contributed by atoms with Crippen LogP contribution in [-0.4, -0.2) is 25.2 Å². The van der Waals surface area contributed by atoms with Gasteiger partial charge in [0, 0.05) is 0 Å². The van der Waals surface area contributed by atoms with E-state index in [-0.39, 0.29) is 24.3 Å². The average molecular weight is 279 g/mol. The molecular weight excluding hydrogens is 265 g/mol. The van der Waals surface area contributed by atoms with Gasteiger partial charge < -0.3 is 9.47 Å². The van der Waals surface area contributed by atoms with Gasteiger partial charge in [-0.25, -0.2) is 4.39 Å². The summed E-state index contributed by atoms with van der Waals surface area (Å²) in [5.41, 5.74) is 0.0528. The number of carbonyl (C=O) groups is 2. The Labute approximate surface area is 115 Å². The number of esters is 2. The second-order valence-electron chi connectivity index (χ2n) is 3.82. The summed E-state index contributed by atoms with van der Waals surface area (Å²) in [4.78, 5) is 23.7. The molecule has 0 bridgehead atoms. The maximum atomic E-state index is 13.4.